The van der Waals surface area contributed by atoms with Crippen molar-refractivity contribution in [3.8, 4) is 33.6 Å². The molecule has 0 unspecified atom stereocenters. The number of pyridine rings is 2. The first-order valence-corrected chi connectivity index (χ1v) is 15.4. The van der Waals surface area contributed by atoms with Crippen LogP contribution in [0.25, 0.3) is 44.4 Å². The van der Waals surface area contributed by atoms with Crippen molar-refractivity contribution in [1.82, 2.24) is 0 Å². The van der Waals surface area contributed by atoms with E-state index in [1.807, 2.05) is 0 Å². The van der Waals surface area contributed by atoms with E-state index in [9.17, 15) is 0 Å². The maximum absolute atomic E-state index is 2.43. The molecular formula is C41H40N2+2. The quantitative estimate of drug-likeness (QED) is 0.191. The van der Waals surface area contributed by atoms with E-state index in [0.717, 1.165) is 5.69 Å². The fourth-order valence-corrected chi connectivity index (χ4v) is 7.23. The van der Waals surface area contributed by atoms with Crippen LogP contribution in [-0.4, -0.2) is 0 Å². The average Bonchev–Trinajstić information content (AvgIpc) is 3.23. The molecule has 0 radical (unpaired) electrons. The third-order valence-corrected chi connectivity index (χ3v) is 9.43. The highest BCUT2D eigenvalue weighted by Gasteiger charge is 2.42. The highest BCUT2D eigenvalue weighted by atomic mass is 15.4. The molecule has 4 aromatic carbocycles. The van der Waals surface area contributed by atoms with E-state index >= 15 is 0 Å². The van der Waals surface area contributed by atoms with Crippen molar-refractivity contribution in [3.63, 3.8) is 0 Å². The highest BCUT2D eigenvalue weighted by molar-refractivity contribution is 5.99. The molecule has 2 nitrogen and oxygen atoms in total. The molecule has 0 N–H and O–H groups in total. The Labute approximate surface area is 255 Å². The predicted molar refractivity (Wildman–Crippen MR) is 178 cm³/mol. The van der Waals surface area contributed by atoms with Crippen LogP contribution in [-0.2, 0) is 10.8 Å². The van der Waals surface area contributed by atoms with Crippen LogP contribution in [0.1, 0.15) is 62.4 Å². The summed E-state index contributed by atoms with van der Waals surface area (Å²) in [6.07, 6.45) is 4.45. The molecule has 0 bridgehead atoms. The van der Waals surface area contributed by atoms with Crippen LogP contribution in [0.2, 0.25) is 0 Å². The molecule has 7 rings (SSSR count). The molecule has 6 aromatic rings. The van der Waals surface area contributed by atoms with E-state index in [4.69, 9.17) is 0 Å². The van der Waals surface area contributed by atoms with Crippen molar-refractivity contribution >= 4 is 10.8 Å². The van der Waals surface area contributed by atoms with E-state index < -0.39 is 0 Å². The van der Waals surface area contributed by atoms with E-state index in [1.54, 1.807) is 0 Å². The van der Waals surface area contributed by atoms with E-state index in [1.165, 1.54) is 66.5 Å². The predicted octanol–water partition coefficient (Wildman–Crippen LogP) is 9.28. The maximum Gasteiger partial charge on any atom is 0.285 e. The van der Waals surface area contributed by atoms with Crippen LogP contribution in [0.5, 0.6) is 0 Å². The molecule has 212 valence electrons. The molecule has 0 atom stereocenters. The van der Waals surface area contributed by atoms with E-state index in [-0.39, 0.29) is 10.8 Å². The summed E-state index contributed by atoms with van der Waals surface area (Å²) < 4.78 is 4.67. The summed E-state index contributed by atoms with van der Waals surface area (Å²) in [5, 5.41) is 2.65. The van der Waals surface area contributed by atoms with Crippen LogP contribution in [0.15, 0.2) is 116 Å². The Bertz CT molecular complexity index is 2060. The SMILES string of the molecule is Cc1ccccc1-c1cccc[n+]1-[n+]1ccc(C(C)(C)C)cc1-c1c(C)ccc2c1C(C)(C)c1c-2ccc2ccccc12. The van der Waals surface area contributed by atoms with Gasteiger partial charge in [-0.15, -0.1) is 0 Å². The van der Waals surface area contributed by atoms with Crippen molar-refractivity contribution in [2.45, 2.75) is 59.3 Å². The lowest BCUT2D eigenvalue weighted by Crippen LogP contribution is -2.68. The lowest BCUT2D eigenvalue weighted by Gasteiger charge is -2.26. The minimum atomic E-state index is -0.178. The van der Waals surface area contributed by atoms with Gasteiger partial charge in [0.25, 0.3) is 11.4 Å². The molecule has 2 aromatic heterocycles. The molecule has 0 spiro atoms. The van der Waals surface area contributed by atoms with Crippen molar-refractivity contribution in [3.05, 3.63) is 143 Å². The lowest BCUT2D eigenvalue weighted by molar-refractivity contribution is -1.29. The van der Waals surface area contributed by atoms with Crippen molar-refractivity contribution < 1.29 is 9.35 Å². The van der Waals surface area contributed by atoms with Crippen LogP contribution in [0.3, 0.4) is 0 Å². The Morgan fingerprint density at radius 3 is 2.02 bits per heavy atom. The van der Waals surface area contributed by atoms with Gasteiger partial charge in [0.1, 0.15) is 0 Å². The summed E-state index contributed by atoms with van der Waals surface area (Å²) in [6, 6.07) is 38.0. The largest absolute Gasteiger partial charge is 0.285 e. The first-order chi connectivity index (χ1) is 20.6. The highest BCUT2D eigenvalue weighted by Crippen LogP contribution is 2.54. The van der Waals surface area contributed by atoms with Crippen LogP contribution in [0.4, 0.5) is 0 Å². The van der Waals surface area contributed by atoms with Gasteiger partial charge in [0, 0.05) is 29.7 Å². The Morgan fingerprint density at radius 1 is 0.558 bits per heavy atom. The summed E-state index contributed by atoms with van der Waals surface area (Å²) in [5.74, 6) is 0. The number of fused-ring (bicyclic) bond motifs is 5. The number of hydrogen-bond acceptors (Lipinski definition) is 0. The summed E-state index contributed by atoms with van der Waals surface area (Å²) in [7, 11) is 0. The molecule has 1 aliphatic rings. The molecule has 0 fully saturated rings. The first-order valence-electron chi connectivity index (χ1n) is 15.4. The van der Waals surface area contributed by atoms with Gasteiger partial charge in [0.15, 0.2) is 0 Å². The minimum Gasteiger partial charge on any atom is -0.0620 e. The van der Waals surface area contributed by atoms with Gasteiger partial charge in [-0.25, -0.2) is 0 Å². The van der Waals surface area contributed by atoms with Gasteiger partial charge in [-0.2, -0.15) is 0 Å². The molecule has 0 amide bonds. The second kappa shape index (κ2) is 9.74. The van der Waals surface area contributed by atoms with Crippen molar-refractivity contribution in [2.24, 2.45) is 0 Å². The number of rotatable bonds is 3. The number of aryl methyl sites for hydroxylation is 2. The second-order valence-corrected chi connectivity index (χ2v) is 13.7. The zero-order chi connectivity index (χ0) is 30.1. The van der Waals surface area contributed by atoms with Crippen LogP contribution < -0.4 is 9.35 Å². The Balaban J connectivity index is 1.57. The topological polar surface area (TPSA) is 7.76 Å². The average molecular weight is 561 g/mol. The summed E-state index contributed by atoms with van der Waals surface area (Å²) in [5.41, 5.74) is 14.2. The maximum atomic E-state index is 2.43. The van der Waals surface area contributed by atoms with Gasteiger partial charge >= 0.3 is 0 Å². The molecular weight excluding hydrogens is 520 g/mol. The zero-order valence-electron chi connectivity index (χ0n) is 26.4. The zero-order valence-corrected chi connectivity index (χ0v) is 26.4. The molecule has 0 aliphatic heterocycles. The number of benzene rings is 4. The summed E-state index contributed by atoms with van der Waals surface area (Å²) >= 11 is 0. The fourth-order valence-electron chi connectivity index (χ4n) is 7.23. The summed E-state index contributed by atoms with van der Waals surface area (Å²) in [6.45, 7) is 16.2. The van der Waals surface area contributed by atoms with Gasteiger partial charge in [-0.1, -0.05) is 101 Å². The Morgan fingerprint density at radius 2 is 1.23 bits per heavy atom. The lowest BCUT2D eigenvalue weighted by atomic mass is 9.76. The van der Waals surface area contributed by atoms with Gasteiger partial charge in [-0.3, -0.25) is 0 Å². The molecule has 2 heteroatoms. The molecule has 2 heterocycles. The third kappa shape index (κ3) is 4.23. The fraction of sp³-hybridized carbons (Fsp3) is 0.220. The Kier molecular flexibility index (Phi) is 6.18. The first kappa shape index (κ1) is 27.3. The van der Waals surface area contributed by atoms with Gasteiger partial charge < -0.3 is 0 Å². The molecule has 1 aliphatic carbocycles. The van der Waals surface area contributed by atoms with E-state index in [2.05, 4.69) is 173 Å². The monoisotopic (exact) mass is 560 g/mol. The molecule has 0 saturated heterocycles. The smallest absolute Gasteiger partial charge is 0.0620 e. The normalized spacial score (nSPS) is 13.7. The number of aromatic nitrogens is 2. The van der Waals surface area contributed by atoms with Crippen LogP contribution in [0, 0.1) is 13.8 Å². The van der Waals surface area contributed by atoms with Gasteiger partial charge in [-0.05, 0) is 81.1 Å². The summed E-state index contributed by atoms with van der Waals surface area (Å²) in [4.78, 5) is 0. The van der Waals surface area contributed by atoms with Crippen molar-refractivity contribution in [1.29, 1.82) is 0 Å². The molecule has 43 heavy (non-hydrogen) atoms. The standard InChI is InChI=1S/C41H40N2/c1-27-14-8-10-16-31(27)35-18-12-13-24-42(35)43-25-23-30(40(3,4)5)26-36(43)37-28(2)19-21-34-33-22-20-29-15-9-11-17-32(29)38(33)41(6,7)39(34)37/h8-26H,1-7H3/q+2. The van der Waals surface area contributed by atoms with E-state index in [0.29, 0.717) is 0 Å². The Hall–Kier alpha value is -4.56. The second-order valence-electron chi connectivity index (χ2n) is 13.7. The van der Waals surface area contributed by atoms with Gasteiger partial charge in [0.2, 0.25) is 12.4 Å². The van der Waals surface area contributed by atoms with Crippen molar-refractivity contribution in [2.75, 3.05) is 0 Å². The van der Waals surface area contributed by atoms with Gasteiger partial charge in [0.05, 0.1) is 20.5 Å². The third-order valence-electron chi connectivity index (χ3n) is 9.43. The van der Waals surface area contributed by atoms with Crippen LogP contribution >= 0.6 is 0 Å². The minimum absolute atomic E-state index is 0.00852. The number of hydrogen-bond donors (Lipinski definition) is 0. The number of nitrogens with zero attached hydrogens (tertiary/aromatic N) is 2. The molecule has 0 saturated carbocycles.